The molecular weight excluding hydrogens is 260 g/mol. The molecule has 3 N–H and O–H groups in total. The Labute approximate surface area is 115 Å². The Hall–Kier alpha value is -1.88. The van der Waals surface area contributed by atoms with Crippen molar-refractivity contribution in [1.29, 1.82) is 0 Å². The Morgan fingerprint density at radius 2 is 1.95 bits per heavy atom. The summed E-state index contributed by atoms with van der Waals surface area (Å²) in [7, 11) is 0. The Morgan fingerprint density at radius 3 is 2.47 bits per heavy atom. The van der Waals surface area contributed by atoms with E-state index < -0.39 is 5.97 Å². The van der Waals surface area contributed by atoms with Crippen molar-refractivity contribution in [2.45, 2.75) is 26.2 Å². The highest BCUT2D eigenvalue weighted by Gasteiger charge is 2.22. The molecule has 19 heavy (non-hydrogen) atoms. The van der Waals surface area contributed by atoms with E-state index in [1.54, 1.807) is 0 Å². The van der Waals surface area contributed by atoms with Gasteiger partial charge in [-0.05, 0) is 11.0 Å². The summed E-state index contributed by atoms with van der Waals surface area (Å²) in [6.45, 7) is 6.34. The summed E-state index contributed by atoms with van der Waals surface area (Å²) < 4.78 is 0. The molecule has 0 saturated heterocycles. The lowest BCUT2D eigenvalue weighted by Gasteiger charge is -2.21. The fourth-order valence-corrected chi connectivity index (χ4v) is 2.79. The molecule has 0 fully saturated rings. The van der Waals surface area contributed by atoms with Crippen molar-refractivity contribution in [3.05, 3.63) is 35.5 Å². The molecule has 0 unspecified atom stereocenters. The van der Waals surface area contributed by atoms with Crippen molar-refractivity contribution in [3.63, 3.8) is 0 Å². The normalized spacial score (nSPS) is 11.5. The number of anilines is 1. The minimum Gasteiger partial charge on any atom is -0.476 e. The molecule has 4 nitrogen and oxygen atoms in total. The van der Waals surface area contributed by atoms with Gasteiger partial charge in [-0.1, -0.05) is 56.4 Å². The van der Waals surface area contributed by atoms with Gasteiger partial charge in [0.25, 0.3) is 0 Å². The minimum absolute atomic E-state index is 0.0413. The smallest absolute Gasteiger partial charge is 0.357 e. The lowest BCUT2D eigenvalue weighted by Crippen LogP contribution is -2.12. The third kappa shape index (κ3) is 2.61. The molecule has 0 bridgehead atoms. The SMILES string of the molecule is CC(C)(C)c1ccccc1-c1nc(C(=O)O)c(N)s1. The summed E-state index contributed by atoms with van der Waals surface area (Å²) in [5.41, 5.74) is 7.68. The highest BCUT2D eigenvalue weighted by Crippen LogP contribution is 2.36. The number of carbonyl (C=O) groups is 1. The average molecular weight is 276 g/mol. The number of nitrogens with two attached hydrogens (primary N) is 1. The largest absolute Gasteiger partial charge is 0.476 e. The third-order valence-electron chi connectivity index (χ3n) is 2.82. The first-order valence-corrected chi connectivity index (χ1v) is 6.72. The molecule has 1 heterocycles. The van der Waals surface area contributed by atoms with Crippen LogP contribution in [0.4, 0.5) is 5.00 Å². The minimum atomic E-state index is -1.09. The summed E-state index contributed by atoms with van der Waals surface area (Å²) in [6, 6.07) is 7.87. The van der Waals surface area contributed by atoms with Crippen LogP contribution in [0.15, 0.2) is 24.3 Å². The van der Waals surface area contributed by atoms with E-state index in [1.807, 2.05) is 24.3 Å². The molecule has 2 rings (SSSR count). The monoisotopic (exact) mass is 276 g/mol. The molecule has 100 valence electrons. The maximum Gasteiger partial charge on any atom is 0.357 e. The summed E-state index contributed by atoms with van der Waals surface area (Å²) in [5.74, 6) is -1.09. The molecular formula is C14H16N2O2S. The molecule has 0 atom stereocenters. The van der Waals surface area contributed by atoms with E-state index in [-0.39, 0.29) is 16.1 Å². The van der Waals surface area contributed by atoms with Gasteiger partial charge in [-0.2, -0.15) is 0 Å². The van der Waals surface area contributed by atoms with Gasteiger partial charge in [-0.3, -0.25) is 0 Å². The van der Waals surface area contributed by atoms with Crippen LogP contribution >= 0.6 is 11.3 Å². The summed E-state index contributed by atoms with van der Waals surface area (Å²) in [4.78, 5) is 15.2. The van der Waals surface area contributed by atoms with Gasteiger partial charge < -0.3 is 10.8 Å². The molecule has 0 radical (unpaired) electrons. The Bertz CT molecular complexity index is 627. The van der Waals surface area contributed by atoms with Gasteiger partial charge >= 0.3 is 5.97 Å². The number of aromatic nitrogens is 1. The number of rotatable bonds is 2. The van der Waals surface area contributed by atoms with Crippen LogP contribution in [-0.2, 0) is 5.41 Å². The van der Waals surface area contributed by atoms with Crippen LogP contribution in [0.5, 0.6) is 0 Å². The molecule has 0 aliphatic carbocycles. The number of carboxylic acids is 1. The van der Waals surface area contributed by atoms with Gasteiger partial charge in [0.1, 0.15) is 10.0 Å². The van der Waals surface area contributed by atoms with Gasteiger partial charge in [0.15, 0.2) is 5.69 Å². The maximum absolute atomic E-state index is 11.0. The first-order valence-electron chi connectivity index (χ1n) is 5.90. The molecule has 1 aromatic carbocycles. The number of nitrogens with zero attached hydrogens (tertiary/aromatic N) is 1. The molecule has 0 aliphatic rings. The lowest BCUT2D eigenvalue weighted by molar-refractivity contribution is 0.0692. The van der Waals surface area contributed by atoms with Crippen molar-refractivity contribution in [3.8, 4) is 10.6 Å². The molecule has 0 saturated carbocycles. The topological polar surface area (TPSA) is 76.2 Å². The highest BCUT2D eigenvalue weighted by atomic mass is 32.1. The van der Waals surface area contributed by atoms with E-state index in [0.29, 0.717) is 5.01 Å². The van der Waals surface area contributed by atoms with Gasteiger partial charge in [0.05, 0.1) is 0 Å². The second-order valence-electron chi connectivity index (χ2n) is 5.33. The van der Waals surface area contributed by atoms with E-state index in [2.05, 4.69) is 25.8 Å². The van der Waals surface area contributed by atoms with Gasteiger partial charge in [0, 0.05) is 5.56 Å². The number of carboxylic acid groups (broad SMARTS) is 1. The van der Waals surface area contributed by atoms with Crippen molar-refractivity contribution in [2.24, 2.45) is 0 Å². The van der Waals surface area contributed by atoms with E-state index in [1.165, 1.54) is 11.3 Å². The van der Waals surface area contributed by atoms with Crippen molar-refractivity contribution < 1.29 is 9.90 Å². The van der Waals surface area contributed by atoms with E-state index in [0.717, 1.165) is 11.1 Å². The number of hydrogen-bond acceptors (Lipinski definition) is 4. The highest BCUT2D eigenvalue weighted by molar-refractivity contribution is 7.19. The molecule has 2 aromatic rings. The second kappa shape index (κ2) is 4.66. The zero-order valence-electron chi connectivity index (χ0n) is 11.1. The molecule has 0 aliphatic heterocycles. The number of aromatic carboxylic acids is 1. The van der Waals surface area contributed by atoms with Crippen LogP contribution < -0.4 is 5.73 Å². The number of benzene rings is 1. The molecule has 1 aromatic heterocycles. The number of thiazole rings is 1. The maximum atomic E-state index is 11.0. The summed E-state index contributed by atoms with van der Waals surface area (Å²) >= 11 is 1.21. The van der Waals surface area contributed by atoms with Gasteiger partial charge in [0.2, 0.25) is 0 Å². The Kier molecular flexibility index (Phi) is 3.32. The predicted octanol–water partition coefficient (Wildman–Crippen LogP) is 3.39. The van der Waals surface area contributed by atoms with Crippen LogP contribution in [0.1, 0.15) is 36.8 Å². The standard InChI is InChI=1S/C14H16N2O2S/c1-14(2,3)9-7-5-4-6-8(9)12-16-10(13(17)18)11(15)19-12/h4-7H,15H2,1-3H3,(H,17,18). The lowest BCUT2D eigenvalue weighted by atomic mass is 9.84. The first kappa shape index (κ1) is 13.5. The van der Waals surface area contributed by atoms with Gasteiger partial charge in [-0.25, -0.2) is 9.78 Å². The predicted molar refractivity (Wildman–Crippen MR) is 77.6 cm³/mol. The summed E-state index contributed by atoms with van der Waals surface area (Å²) in [5, 5.41) is 9.91. The van der Waals surface area contributed by atoms with Crippen molar-refractivity contribution in [1.82, 2.24) is 4.98 Å². The molecule has 5 heteroatoms. The average Bonchev–Trinajstić information content (AvgIpc) is 2.70. The van der Waals surface area contributed by atoms with Crippen LogP contribution in [0.25, 0.3) is 10.6 Å². The Morgan fingerprint density at radius 1 is 1.32 bits per heavy atom. The first-order chi connectivity index (χ1) is 8.80. The zero-order valence-corrected chi connectivity index (χ0v) is 11.9. The third-order valence-corrected chi connectivity index (χ3v) is 3.74. The van der Waals surface area contributed by atoms with Crippen molar-refractivity contribution >= 4 is 22.3 Å². The second-order valence-corrected chi connectivity index (χ2v) is 6.36. The fraction of sp³-hybridized carbons (Fsp3) is 0.286. The quantitative estimate of drug-likeness (QED) is 0.881. The van der Waals surface area contributed by atoms with Gasteiger partial charge in [-0.15, -0.1) is 0 Å². The van der Waals surface area contributed by atoms with Crippen LogP contribution in [0.3, 0.4) is 0 Å². The van der Waals surface area contributed by atoms with E-state index in [9.17, 15) is 4.79 Å². The summed E-state index contributed by atoms with van der Waals surface area (Å²) in [6.07, 6.45) is 0. The number of nitrogen functional groups attached to an aromatic ring is 1. The van der Waals surface area contributed by atoms with E-state index >= 15 is 0 Å². The zero-order chi connectivity index (χ0) is 14.2. The van der Waals surface area contributed by atoms with Crippen molar-refractivity contribution in [2.75, 3.05) is 5.73 Å². The number of hydrogen-bond donors (Lipinski definition) is 2. The van der Waals surface area contributed by atoms with Crippen LogP contribution in [-0.4, -0.2) is 16.1 Å². The molecule has 0 amide bonds. The van der Waals surface area contributed by atoms with E-state index in [4.69, 9.17) is 10.8 Å². The fourth-order valence-electron chi connectivity index (χ4n) is 1.92. The van der Waals surface area contributed by atoms with Crippen LogP contribution in [0, 0.1) is 0 Å². The Balaban J connectivity index is 2.60. The molecule has 0 spiro atoms. The van der Waals surface area contributed by atoms with Crippen LogP contribution in [0.2, 0.25) is 0 Å².